The molecule has 3 N–H and O–H groups in total. The lowest BCUT2D eigenvalue weighted by molar-refractivity contribution is 0.372. The van der Waals surface area contributed by atoms with Crippen LogP contribution in [0, 0.1) is 5.92 Å². The van der Waals surface area contributed by atoms with Gasteiger partial charge in [-0.1, -0.05) is 24.3 Å². The molecular weight excluding hydrogens is 272 g/mol. The average molecular weight is 295 g/mol. The first kappa shape index (κ1) is 15.3. The number of nitrogens with two attached hydrogens (primary N) is 1. The van der Waals surface area contributed by atoms with Gasteiger partial charge >= 0.3 is 0 Å². The monoisotopic (exact) mass is 294 g/mol. The third-order valence-electron chi connectivity index (χ3n) is 4.07. The summed E-state index contributed by atoms with van der Waals surface area (Å²) in [7, 11) is 0. The highest BCUT2D eigenvalue weighted by molar-refractivity contribution is 5.99. The quantitative estimate of drug-likeness (QED) is 0.833. The number of rotatable bonds is 3. The summed E-state index contributed by atoms with van der Waals surface area (Å²) >= 11 is 0. The summed E-state index contributed by atoms with van der Waals surface area (Å²) in [6, 6.07) is 8.76. The maximum Gasteiger partial charge on any atom is 0.145 e. The van der Waals surface area contributed by atoms with Crippen LogP contribution >= 0.6 is 12.4 Å². The van der Waals surface area contributed by atoms with E-state index in [1.165, 1.54) is 37.9 Å². The van der Waals surface area contributed by atoms with Gasteiger partial charge in [-0.25, -0.2) is 5.84 Å². The molecule has 0 amide bonds. The second kappa shape index (κ2) is 7.07. The van der Waals surface area contributed by atoms with E-state index in [1.54, 1.807) is 5.01 Å². The van der Waals surface area contributed by atoms with Gasteiger partial charge < -0.3 is 5.32 Å². The fraction of sp³-hybridized carbons (Fsp3) is 0.533. The zero-order valence-electron chi connectivity index (χ0n) is 11.7. The number of benzene rings is 1. The summed E-state index contributed by atoms with van der Waals surface area (Å²) in [5.74, 6) is 7.65. The molecule has 1 aromatic rings. The molecule has 2 aliphatic heterocycles. The average Bonchev–Trinajstić information content (AvgIpc) is 2.87. The summed E-state index contributed by atoms with van der Waals surface area (Å²) in [4.78, 5) is 4.44. The number of hydrogen-bond donors (Lipinski definition) is 2. The lowest BCUT2D eigenvalue weighted by Gasteiger charge is -2.22. The summed E-state index contributed by atoms with van der Waals surface area (Å²) in [6.45, 7) is 3.97. The van der Waals surface area contributed by atoms with E-state index in [1.807, 2.05) is 0 Å². The summed E-state index contributed by atoms with van der Waals surface area (Å²) in [6.07, 6.45) is 3.79. The van der Waals surface area contributed by atoms with Gasteiger partial charge in [-0.15, -0.1) is 12.4 Å². The first-order chi connectivity index (χ1) is 9.33. The number of halogens is 1. The molecule has 0 aliphatic carbocycles. The molecule has 0 spiro atoms. The Hall–Kier alpha value is -1.10. The van der Waals surface area contributed by atoms with Gasteiger partial charge in [0.05, 0.1) is 13.1 Å². The number of aliphatic imine (C=N–C) groups is 1. The largest absolute Gasteiger partial charge is 0.317 e. The summed E-state index contributed by atoms with van der Waals surface area (Å²) in [5, 5.41) is 5.15. The van der Waals surface area contributed by atoms with E-state index in [0.717, 1.165) is 30.4 Å². The highest BCUT2D eigenvalue weighted by Gasteiger charge is 2.16. The van der Waals surface area contributed by atoms with E-state index in [0.29, 0.717) is 0 Å². The minimum Gasteiger partial charge on any atom is -0.317 e. The van der Waals surface area contributed by atoms with Crippen LogP contribution in [0.1, 0.15) is 24.0 Å². The lowest BCUT2D eigenvalue weighted by Crippen LogP contribution is -2.34. The number of nitrogens with zero attached hydrogens (tertiary/aromatic N) is 2. The molecule has 4 nitrogen and oxygen atoms in total. The molecule has 1 aromatic carbocycles. The van der Waals surface area contributed by atoms with Crippen molar-refractivity contribution in [3.8, 4) is 0 Å². The van der Waals surface area contributed by atoms with Gasteiger partial charge in [-0.05, 0) is 43.8 Å². The van der Waals surface area contributed by atoms with Gasteiger partial charge in [-0.3, -0.25) is 10.0 Å². The SMILES string of the molecule is Cl.NN1CCN=C1c1ccc(CC2CCNCC2)cc1. The molecular formula is C15H23ClN4. The molecule has 1 saturated heterocycles. The number of piperidine rings is 1. The molecule has 0 unspecified atom stereocenters. The van der Waals surface area contributed by atoms with Crippen molar-refractivity contribution in [3.63, 3.8) is 0 Å². The van der Waals surface area contributed by atoms with Gasteiger partial charge in [-0.2, -0.15) is 0 Å². The molecule has 0 radical (unpaired) electrons. The molecule has 5 heteroatoms. The topological polar surface area (TPSA) is 53.6 Å². The highest BCUT2D eigenvalue weighted by Crippen LogP contribution is 2.19. The Morgan fingerprint density at radius 1 is 1.20 bits per heavy atom. The fourth-order valence-electron chi connectivity index (χ4n) is 2.93. The van der Waals surface area contributed by atoms with Crippen molar-refractivity contribution in [2.24, 2.45) is 16.8 Å². The van der Waals surface area contributed by atoms with Crippen molar-refractivity contribution in [2.75, 3.05) is 26.2 Å². The van der Waals surface area contributed by atoms with Crippen LogP contribution in [0.25, 0.3) is 0 Å². The fourth-order valence-corrected chi connectivity index (χ4v) is 2.93. The third-order valence-corrected chi connectivity index (χ3v) is 4.07. The molecule has 0 saturated carbocycles. The normalized spacial score (nSPS) is 19.6. The summed E-state index contributed by atoms with van der Waals surface area (Å²) in [5.41, 5.74) is 2.56. The van der Waals surface area contributed by atoms with Gasteiger partial charge in [0.1, 0.15) is 5.84 Å². The van der Waals surface area contributed by atoms with Crippen LogP contribution in [0.15, 0.2) is 29.3 Å². The minimum absolute atomic E-state index is 0. The van der Waals surface area contributed by atoms with Crippen molar-refractivity contribution in [3.05, 3.63) is 35.4 Å². The second-order valence-electron chi connectivity index (χ2n) is 5.49. The first-order valence-corrected chi connectivity index (χ1v) is 7.19. The Bertz CT molecular complexity index is 451. The lowest BCUT2D eigenvalue weighted by atomic mass is 9.91. The molecule has 0 atom stereocenters. The molecule has 2 aliphatic rings. The zero-order valence-corrected chi connectivity index (χ0v) is 12.5. The zero-order chi connectivity index (χ0) is 13.1. The van der Waals surface area contributed by atoms with Crippen LogP contribution in [-0.2, 0) is 6.42 Å². The third kappa shape index (κ3) is 3.51. The number of hydrazine groups is 1. The van der Waals surface area contributed by atoms with Crippen LogP contribution in [-0.4, -0.2) is 37.0 Å². The molecule has 1 fully saturated rings. The van der Waals surface area contributed by atoms with Crippen LogP contribution in [0.3, 0.4) is 0 Å². The highest BCUT2D eigenvalue weighted by atomic mass is 35.5. The van der Waals surface area contributed by atoms with Crippen molar-refractivity contribution in [1.29, 1.82) is 0 Å². The van der Waals surface area contributed by atoms with E-state index in [-0.39, 0.29) is 12.4 Å². The van der Waals surface area contributed by atoms with Crippen LogP contribution in [0.4, 0.5) is 0 Å². The van der Waals surface area contributed by atoms with Gasteiger partial charge in [0, 0.05) is 5.56 Å². The number of amidine groups is 1. The minimum atomic E-state index is 0. The smallest absolute Gasteiger partial charge is 0.145 e. The Kier molecular flexibility index (Phi) is 5.40. The molecule has 110 valence electrons. The van der Waals surface area contributed by atoms with Crippen LogP contribution in [0.2, 0.25) is 0 Å². The summed E-state index contributed by atoms with van der Waals surface area (Å²) < 4.78 is 0. The maximum absolute atomic E-state index is 5.89. The molecule has 3 rings (SSSR count). The van der Waals surface area contributed by atoms with Gasteiger partial charge in [0.15, 0.2) is 0 Å². The molecule has 0 aromatic heterocycles. The predicted molar refractivity (Wildman–Crippen MR) is 85.3 cm³/mol. The van der Waals surface area contributed by atoms with Crippen molar-refractivity contribution in [2.45, 2.75) is 19.3 Å². The van der Waals surface area contributed by atoms with E-state index < -0.39 is 0 Å². The van der Waals surface area contributed by atoms with Crippen LogP contribution < -0.4 is 11.2 Å². The Labute approximate surface area is 126 Å². The van der Waals surface area contributed by atoms with E-state index in [2.05, 4.69) is 34.6 Å². The Morgan fingerprint density at radius 3 is 2.50 bits per heavy atom. The van der Waals surface area contributed by atoms with Crippen molar-refractivity contribution >= 4 is 18.2 Å². The van der Waals surface area contributed by atoms with Crippen LogP contribution in [0.5, 0.6) is 0 Å². The maximum atomic E-state index is 5.89. The molecule has 20 heavy (non-hydrogen) atoms. The molecule has 0 bridgehead atoms. The van der Waals surface area contributed by atoms with Gasteiger partial charge in [0.2, 0.25) is 0 Å². The van der Waals surface area contributed by atoms with Crippen molar-refractivity contribution < 1.29 is 0 Å². The number of hydrogen-bond acceptors (Lipinski definition) is 4. The second-order valence-corrected chi connectivity index (χ2v) is 5.49. The van der Waals surface area contributed by atoms with Crippen molar-refractivity contribution in [1.82, 2.24) is 10.3 Å². The predicted octanol–water partition coefficient (Wildman–Crippen LogP) is 1.59. The number of nitrogens with one attached hydrogen (secondary N) is 1. The Balaban J connectivity index is 0.00000147. The van der Waals surface area contributed by atoms with E-state index >= 15 is 0 Å². The standard InChI is InChI=1S/C15H22N4.ClH/c16-19-10-9-18-15(19)14-3-1-12(2-4-14)11-13-5-7-17-8-6-13;/h1-4,13,17H,5-11,16H2;1H. The van der Waals surface area contributed by atoms with E-state index in [9.17, 15) is 0 Å². The van der Waals surface area contributed by atoms with E-state index in [4.69, 9.17) is 5.84 Å². The van der Waals surface area contributed by atoms with Gasteiger partial charge in [0.25, 0.3) is 0 Å². The first-order valence-electron chi connectivity index (χ1n) is 7.19. The molecule has 2 heterocycles. The Morgan fingerprint density at radius 2 is 1.90 bits per heavy atom.